The fourth-order valence-electron chi connectivity index (χ4n) is 6.26. The zero-order valence-electron chi connectivity index (χ0n) is 29.0. The highest BCUT2D eigenvalue weighted by molar-refractivity contribution is 5.71. The summed E-state index contributed by atoms with van der Waals surface area (Å²) in [5.41, 5.74) is -1.79. The van der Waals surface area contributed by atoms with Gasteiger partial charge in [0.25, 0.3) is 0 Å². The zero-order chi connectivity index (χ0) is 34.9. The van der Waals surface area contributed by atoms with Crippen LogP contribution >= 0.6 is 0 Å². The van der Waals surface area contributed by atoms with E-state index in [1.807, 2.05) is 27.7 Å². The largest absolute Gasteiger partial charge is 0.457 e. The Morgan fingerprint density at radius 1 is 1.26 bits per heavy atom. The number of hydrogen-bond donors (Lipinski definition) is 4. The molecule has 0 aromatic rings. The van der Waals surface area contributed by atoms with Gasteiger partial charge >= 0.3 is 18.0 Å². The van der Waals surface area contributed by atoms with Gasteiger partial charge < -0.3 is 44.5 Å². The summed E-state index contributed by atoms with van der Waals surface area (Å²) in [5, 5.41) is 35.1. The Labute approximate surface area is 279 Å². The molecule has 4 N–H and O–H groups in total. The monoisotopic (exact) mass is 664 g/mol. The van der Waals surface area contributed by atoms with Crippen LogP contribution < -0.4 is 5.32 Å². The molecule has 0 saturated carbocycles. The third-order valence-electron chi connectivity index (χ3n) is 9.33. The molecule has 3 aliphatic heterocycles. The number of piperazine rings is 1. The lowest BCUT2D eigenvalue weighted by Crippen LogP contribution is -2.51. The van der Waals surface area contributed by atoms with Gasteiger partial charge in [-0.1, -0.05) is 45.1 Å². The zero-order valence-corrected chi connectivity index (χ0v) is 29.0. The average molecular weight is 665 g/mol. The van der Waals surface area contributed by atoms with Gasteiger partial charge in [-0.05, 0) is 51.7 Å². The third-order valence-corrected chi connectivity index (χ3v) is 9.33. The molecule has 3 heterocycles. The number of carbonyl (C=O) groups excluding carboxylic acids is 3. The van der Waals surface area contributed by atoms with Crippen LogP contribution in [0.4, 0.5) is 4.79 Å². The van der Waals surface area contributed by atoms with Gasteiger partial charge in [0, 0.05) is 51.4 Å². The molecule has 0 bridgehead atoms. The van der Waals surface area contributed by atoms with E-state index in [1.54, 1.807) is 49.1 Å². The molecule has 0 spiro atoms. The molecule has 10 atom stereocenters. The summed E-state index contributed by atoms with van der Waals surface area (Å²) < 4.78 is 23.3. The van der Waals surface area contributed by atoms with E-state index in [0.717, 1.165) is 0 Å². The number of amides is 1. The number of nitrogens with one attached hydrogen (secondary N) is 1. The van der Waals surface area contributed by atoms with E-state index in [2.05, 4.69) is 5.32 Å². The first-order chi connectivity index (χ1) is 22.0. The van der Waals surface area contributed by atoms with Crippen molar-refractivity contribution in [2.24, 2.45) is 11.8 Å². The van der Waals surface area contributed by atoms with E-state index in [4.69, 9.17) is 18.9 Å². The van der Waals surface area contributed by atoms with Crippen LogP contribution in [0.25, 0.3) is 0 Å². The van der Waals surface area contributed by atoms with E-state index in [-0.39, 0.29) is 37.4 Å². The molecule has 12 heteroatoms. The molecule has 0 unspecified atom stereocenters. The van der Waals surface area contributed by atoms with Crippen molar-refractivity contribution in [2.75, 3.05) is 26.2 Å². The molecule has 47 heavy (non-hydrogen) atoms. The maximum absolute atomic E-state index is 13.2. The van der Waals surface area contributed by atoms with Crippen molar-refractivity contribution in [3.8, 4) is 0 Å². The van der Waals surface area contributed by atoms with Gasteiger partial charge in [0.1, 0.15) is 11.7 Å². The number of aliphatic hydroxyl groups excluding tert-OH is 2. The number of ether oxygens (including phenoxy) is 4. The van der Waals surface area contributed by atoms with Gasteiger partial charge in [-0.15, -0.1) is 0 Å². The normalized spacial score (nSPS) is 34.2. The molecule has 3 aliphatic rings. The summed E-state index contributed by atoms with van der Waals surface area (Å²) in [5.74, 6) is -1.57. The highest BCUT2D eigenvalue weighted by atomic mass is 16.6. The van der Waals surface area contributed by atoms with Crippen molar-refractivity contribution >= 4 is 18.0 Å². The van der Waals surface area contributed by atoms with Gasteiger partial charge in [-0.3, -0.25) is 9.59 Å². The minimum absolute atomic E-state index is 0.0205. The standard InChI is InChI=1S/C35H56N2O10/c1-8-27(40)24(4)32-28(44-32)21-34(6,43)14-9-10-22(2)31-23(3)11-12-29(45-33(42)37-18-16-36-17-19-37)35(7,47-25(5)38)15-13-26(39)20-30(41)46-31/h9-12,14,23-24,26-29,31-32,36,39-40,43H,8,13,15-21H2,1-7H3/b12-11+,14-9+,22-10+/t23-,24+,26-,27+,28+,29-,31+,32+,34+,35-/m0/s1. The van der Waals surface area contributed by atoms with E-state index in [0.29, 0.717) is 44.6 Å². The van der Waals surface area contributed by atoms with Gasteiger partial charge in [-0.2, -0.15) is 0 Å². The van der Waals surface area contributed by atoms with Crippen molar-refractivity contribution in [1.82, 2.24) is 10.2 Å². The molecule has 0 aliphatic carbocycles. The second-order valence-electron chi connectivity index (χ2n) is 13.8. The Morgan fingerprint density at radius 2 is 1.94 bits per heavy atom. The summed E-state index contributed by atoms with van der Waals surface area (Å²) in [6.07, 6.45) is 5.54. The summed E-state index contributed by atoms with van der Waals surface area (Å²) in [6, 6.07) is 0. The van der Waals surface area contributed by atoms with Crippen LogP contribution in [0.5, 0.6) is 0 Å². The predicted molar refractivity (Wildman–Crippen MR) is 175 cm³/mol. The smallest absolute Gasteiger partial charge is 0.410 e. The lowest BCUT2D eigenvalue weighted by molar-refractivity contribution is -0.168. The second-order valence-corrected chi connectivity index (χ2v) is 13.8. The van der Waals surface area contributed by atoms with Crippen molar-refractivity contribution in [2.45, 2.75) is 128 Å². The van der Waals surface area contributed by atoms with Crippen molar-refractivity contribution < 1.29 is 48.7 Å². The van der Waals surface area contributed by atoms with Crippen molar-refractivity contribution in [3.63, 3.8) is 0 Å². The summed E-state index contributed by atoms with van der Waals surface area (Å²) in [6.45, 7) is 14.4. The SMILES string of the molecule is CC[C@@H](O)[C@@H](C)[C@H]1O[C@@H]1C[C@](C)(O)/C=C/C=C(\C)[C@H]1OC(=O)C[C@@H](O)CC[C@](C)(OC(C)=O)[C@@H](OC(=O)N2CCNCC2)/C=C/[C@@H]1C. The van der Waals surface area contributed by atoms with Crippen LogP contribution in [-0.4, -0.2) is 112 Å². The fraction of sp³-hybridized carbons (Fsp3) is 0.743. The molecular weight excluding hydrogens is 608 g/mol. The van der Waals surface area contributed by atoms with Crippen LogP contribution in [0.3, 0.4) is 0 Å². The van der Waals surface area contributed by atoms with Crippen LogP contribution in [0.2, 0.25) is 0 Å². The topological polar surface area (TPSA) is 167 Å². The van der Waals surface area contributed by atoms with Gasteiger partial charge in [-0.25, -0.2) is 4.79 Å². The van der Waals surface area contributed by atoms with Crippen LogP contribution in [0.15, 0.2) is 36.0 Å². The summed E-state index contributed by atoms with van der Waals surface area (Å²) in [7, 11) is 0. The molecule has 3 rings (SSSR count). The Kier molecular flexibility index (Phi) is 14.0. The van der Waals surface area contributed by atoms with Crippen LogP contribution in [-0.2, 0) is 28.5 Å². The Balaban J connectivity index is 1.82. The second kappa shape index (κ2) is 17.1. The molecular formula is C35H56N2O10. The lowest BCUT2D eigenvalue weighted by Gasteiger charge is -2.37. The Hall–Kier alpha value is -2.77. The maximum Gasteiger partial charge on any atom is 0.410 e. The number of allylic oxidation sites excluding steroid dienone is 2. The number of rotatable bonds is 10. The predicted octanol–water partition coefficient (Wildman–Crippen LogP) is 3.19. The summed E-state index contributed by atoms with van der Waals surface area (Å²) in [4.78, 5) is 39.9. The van der Waals surface area contributed by atoms with Gasteiger partial charge in [0.2, 0.25) is 0 Å². The van der Waals surface area contributed by atoms with Gasteiger partial charge in [0.15, 0.2) is 6.10 Å². The molecule has 0 radical (unpaired) electrons. The molecule has 2 fully saturated rings. The number of nitrogens with zero attached hydrogens (tertiary/aromatic N) is 1. The first-order valence-corrected chi connectivity index (χ1v) is 16.9. The number of epoxide rings is 1. The third kappa shape index (κ3) is 11.7. The van der Waals surface area contributed by atoms with E-state index in [1.165, 1.54) is 6.92 Å². The number of aliphatic hydroxyl groups is 3. The number of hydrogen-bond acceptors (Lipinski definition) is 11. The van der Waals surface area contributed by atoms with E-state index < -0.39 is 59.6 Å². The first-order valence-electron chi connectivity index (χ1n) is 16.9. The molecule has 12 nitrogen and oxygen atoms in total. The molecule has 1 amide bonds. The maximum atomic E-state index is 13.2. The lowest BCUT2D eigenvalue weighted by atomic mass is 9.88. The number of carbonyl (C=O) groups is 3. The molecule has 0 aromatic heterocycles. The van der Waals surface area contributed by atoms with Crippen LogP contribution in [0, 0.1) is 11.8 Å². The summed E-state index contributed by atoms with van der Waals surface area (Å²) >= 11 is 0. The average Bonchev–Trinajstić information content (AvgIpc) is 3.77. The highest BCUT2D eigenvalue weighted by Gasteiger charge is 2.47. The van der Waals surface area contributed by atoms with E-state index >= 15 is 0 Å². The quantitative estimate of drug-likeness (QED) is 0.0891. The first kappa shape index (κ1) is 38.7. The van der Waals surface area contributed by atoms with Crippen LogP contribution in [0.1, 0.15) is 80.6 Å². The molecule has 266 valence electrons. The molecule has 2 saturated heterocycles. The van der Waals surface area contributed by atoms with E-state index in [9.17, 15) is 29.7 Å². The molecule has 0 aromatic carbocycles. The van der Waals surface area contributed by atoms with Gasteiger partial charge in [0.05, 0.1) is 36.4 Å². The van der Waals surface area contributed by atoms with Crippen molar-refractivity contribution in [1.29, 1.82) is 0 Å². The fourth-order valence-corrected chi connectivity index (χ4v) is 6.26. The minimum atomic E-state index is -1.30. The number of esters is 2. The minimum Gasteiger partial charge on any atom is -0.457 e. The van der Waals surface area contributed by atoms with Crippen molar-refractivity contribution in [3.05, 3.63) is 36.0 Å². The Bertz CT molecular complexity index is 1160. The Morgan fingerprint density at radius 3 is 2.57 bits per heavy atom. The number of cyclic esters (lactones) is 1. The highest BCUT2D eigenvalue weighted by Crippen LogP contribution is 2.37.